The fourth-order valence-electron chi connectivity index (χ4n) is 1.23. The van der Waals surface area contributed by atoms with Gasteiger partial charge in [0.15, 0.2) is 0 Å². The third-order valence-electron chi connectivity index (χ3n) is 2.10. The second-order valence-corrected chi connectivity index (χ2v) is 5.70. The van der Waals surface area contributed by atoms with E-state index in [-0.39, 0.29) is 0 Å². The molecule has 80 valence electrons. The van der Waals surface area contributed by atoms with Crippen molar-refractivity contribution in [3.05, 3.63) is 22.4 Å². The van der Waals surface area contributed by atoms with Gasteiger partial charge in [-0.15, -0.1) is 0 Å². The fraction of sp³-hybridized carbons (Fsp3) is 0.600. The predicted molar refractivity (Wildman–Crippen MR) is 64.3 cm³/mol. The molecule has 2 atom stereocenters. The minimum absolute atomic E-state index is 0.409. The van der Waals surface area contributed by atoms with Crippen molar-refractivity contribution in [3.8, 4) is 0 Å². The summed E-state index contributed by atoms with van der Waals surface area (Å²) in [6, 6.07) is 2.55. The Hall–Kier alpha value is -0.190. The van der Waals surface area contributed by atoms with Crippen LogP contribution in [-0.2, 0) is 10.8 Å². The smallest absolute Gasteiger partial charge is 0.0300 e. The summed E-state index contributed by atoms with van der Waals surface area (Å²) in [4.78, 5) is 0. The number of thiophene rings is 1. The molecule has 0 aliphatic heterocycles. The number of hydrogen-bond donors (Lipinski definition) is 1. The summed E-state index contributed by atoms with van der Waals surface area (Å²) in [5, 5.41) is 7.67. The van der Waals surface area contributed by atoms with Crippen molar-refractivity contribution in [2.75, 3.05) is 18.6 Å². The van der Waals surface area contributed by atoms with E-state index in [4.69, 9.17) is 0 Å². The summed E-state index contributed by atoms with van der Waals surface area (Å²) in [7, 11) is -0.655. The van der Waals surface area contributed by atoms with Gasteiger partial charge >= 0.3 is 0 Å². The minimum atomic E-state index is -0.655. The van der Waals surface area contributed by atoms with Crippen LogP contribution in [0, 0.1) is 0 Å². The SMILES string of the molecule is CC(NCCCS(C)=O)c1ccsc1. The van der Waals surface area contributed by atoms with Gasteiger partial charge in [0.1, 0.15) is 0 Å². The molecule has 0 bridgehead atoms. The lowest BCUT2D eigenvalue weighted by Gasteiger charge is -2.11. The Labute approximate surface area is 92.2 Å². The van der Waals surface area contributed by atoms with Crippen molar-refractivity contribution in [2.24, 2.45) is 0 Å². The molecule has 0 saturated carbocycles. The molecule has 1 N–H and O–H groups in total. The van der Waals surface area contributed by atoms with E-state index in [1.807, 2.05) is 0 Å². The van der Waals surface area contributed by atoms with E-state index in [0.717, 1.165) is 18.7 Å². The van der Waals surface area contributed by atoms with Crippen LogP contribution < -0.4 is 5.32 Å². The van der Waals surface area contributed by atoms with E-state index in [2.05, 4.69) is 29.1 Å². The summed E-state index contributed by atoms with van der Waals surface area (Å²) < 4.78 is 10.8. The first-order valence-corrected chi connectivity index (χ1v) is 7.42. The first-order chi connectivity index (χ1) is 6.70. The van der Waals surface area contributed by atoms with Crippen molar-refractivity contribution >= 4 is 22.1 Å². The van der Waals surface area contributed by atoms with E-state index in [1.54, 1.807) is 17.6 Å². The molecule has 1 aromatic rings. The largest absolute Gasteiger partial charge is 0.310 e. The van der Waals surface area contributed by atoms with Gasteiger partial charge in [-0.3, -0.25) is 4.21 Å². The second kappa shape index (κ2) is 6.32. The molecule has 0 aromatic carbocycles. The first-order valence-electron chi connectivity index (χ1n) is 4.75. The third kappa shape index (κ3) is 4.35. The molecule has 2 nitrogen and oxygen atoms in total. The Morgan fingerprint density at radius 1 is 1.64 bits per heavy atom. The molecule has 2 unspecified atom stereocenters. The van der Waals surface area contributed by atoms with Crippen molar-refractivity contribution in [1.29, 1.82) is 0 Å². The summed E-state index contributed by atoms with van der Waals surface area (Å²) in [5.41, 5.74) is 1.34. The van der Waals surface area contributed by atoms with Crippen LogP contribution >= 0.6 is 11.3 Å². The van der Waals surface area contributed by atoms with Crippen molar-refractivity contribution < 1.29 is 4.21 Å². The van der Waals surface area contributed by atoms with Crippen molar-refractivity contribution in [1.82, 2.24) is 5.32 Å². The minimum Gasteiger partial charge on any atom is -0.310 e. The van der Waals surface area contributed by atoms with Crippen LogP contribution in [0.25, 0.3) is 0 Å². The molecule has 1 aromatic heterocycles. The van der Waals surface area contributed by atoms with E-state index in [0.29, 0.717) is 6.04 Å². The Morgan fingerprint density at radius 2 is 2.43 bits per heavy atom. The summed E-state index contributed by atoms with van der Waals surface area (Å²) in [5.74, 6) is 0.795. The molecule has 0 spiro atoms. The second-order valence-electron chi connectivity index (χ2n) is 3.36. The van der Waals surface area contributed by atoms with Crippen LogP contribution in [-0.4, -0.2) is 22.8 Å². The molecule has 0 saturated heterocycles. The van der Waals surface area contributed by atoms with Gasteiger partial charge in [0.05, 0.1) is 0 Å². The van der Waals surface area contributed by atoms with Crippen molar-refractivity contribution in [2.45, 2.75) is 19.4 Å². The lowest BCUT2D eigenvalue weighted by molar-refractivity contribution is 0.572. The van der Waals surface area contributed by atoms with E-state index in [9.17, 15) is 4.21 Å². The van der Waals surface area contributed by atoms with Gasteiger partial charge in [-0.1, -0.05) is 0 Å². The van der Waals surface area contributed by atoms with Gasteiger partial charge < -0.3 is 5.32 Å². The number of rotatable bonds is 6. The lowest BCUT2D eigenvalue weighted by Crippen LogP contribution is -2.20. The van der Waals surface area contributed by atoms with Gasteiger partial charge in [0.25, 0.3) is 0 Å². The van der Waals surface area contributed by atoms with Gasteiger partial charge in [0.2, 0.25) is 0 Å². The van der Waals surface area contributed by atoms with Gasteiger partial charge in [-0.05, 0) is 42.3 Å². The van der Waals surface area contributed by atoms with Crippen LogP contribution in [0.15, 0.2) is 16.8 Å². The van der Waals surface area contributed by atoms with Crippen LogP contribution in [0.1, 0.15) is 24.9 Å². The van der Waals surface area contributed by atoms with Crippen molar-refractivity contribution in [3.63, 3.8) is 0 Å². The summed E-state index contributed by atoms with van der Waals surface area (Å²) in [6.07, 6.45) is 2.74. The molecule has 4 heteroatoms. The van der Waals surface area contributed by atoms with Gasteiger partial charge in [-0.25, -0.2) is 0 Å². The Bertz CT molecular complexity index is 272. The number of hydrogen-bond acceptors (Lipinski definition) is 3. The zero-order valence-corrected chi connectivity index (χ0v) is 10.3. The van der Waals surface area contributed by atoms with Gasteiger partial charge in [-0.2, -0.15) is 11.3 Å². The molecule has 1 rings (SSSR count). The fourth-order valence-corrected chi connectivity index (χ4v) is 2.54. The topological polar surface area (TPSA) is 29.1 Å². The third-order valence-corrected chi connectivity index (χ3v) is 3.67. The highest BCUT2D eigenvalue weighted by Crippen LogP contribution is 2.15. The van der Waals surface area contributed by atoms with Crippen LogP contribution in [0.4, 0.5) is 0 Å². The molecular weight excluding hydrogens is 214 g/mol. The molecule has 1 heterocycles. The highest BCUT2D eigenvalue weighted by Gasteiger charge is 2.03. The van der Waals surface area contributed by atoms with Gasteiger partial charge in [0, 0.05) is 28.9 Å². The molecular formula is C10H17NOS2. The lowest BCUT2D eigenvalue weighted by atomic mass is 10.2. The normalized spacial score (nSPS) is 15.3. The maximum absolute atomic E-state index is 10.8. The maximum Gasteiger partial charge on any atom is 0.0300 e. The van der Waals surface area contributed by atoms with E-state index in [1.165, 1.54) is 5.56 Å². The zero-order chi connectivity index (χ0) is 10.4. The molecule has 0 fully saturated rings. The molecule has 0 aliphatic rings. The van der Waals surface area contributed by atoms with Crippen LogP contribution in [0.2, 0.25) is 0 Å². The number of nitrogens with one attached hydrogen (secondary N) is 1. The van der Waals surface area contributed by atoms with E-state index < -0.39 is 10.8 Å². The highest BCUT2D eigenvalue weighted by atomic mass is 32.2. The Balaban J connectivity index is 2.16. The zero-order valence-electron chi connectivity index (χ0n) is 8.66. The standard InChI is InChI=1S/C10H17NOS2/c1-9(10-4-6-13-8-10)11-5-3-7-14(2)12/h4,6,8-9,11H,3,5,7H2,1-2H3. The average molecular weight is 231 g/mol. The predicted octanol–water partition coefficient (Wildman–Crippen LogP) is 2.17. The molecule has 0 aliphatic carbocycles. The molecule has 0 radical (unpaired) electrons. The van der Waals surface area contributed by atoms with Crippen LogP contribution in [0.5, 0.6) is 0 Å². The summed E-state index contributed by atoms with van der Waals surface area (Å²) in [6.45, 7) is 3.10. The monoisotopic (exact) mass is 231 g/mol. The van der Waals surface area contributed by atoms with E-state index >= 15 is 0 Å². The van der Waals surface area contributed by atoms with Crippen LogP contribution in [0.3, 0.4) is 0 Å². The summed E-state index contributed by atoms with van der Waals surface area (Å²) >= 11 is 1.72. The average Bonchev–Trinajstić information content (AvgIpc) is 2.64. The highest BCUT2D eigenvalue weighted by molar-refractivity contribution is 7.84. The Kier molecular flexibility index (Phi) is 5.37. The molecule has 0 amide bonds. The maximum atomic E-state index is 10.8. The first kappa shape index (κ1) is 11.9. The Morgan fingerprint density at radius 3 is 3.00 bits per heavy atom. The molecule has 14 heavy (non-hydrogen) atoms. The quantitative estimate of drug-likeness (QED) is 0.760.